The predicted octanol–water partition coefficient (Wildman–Crippen LogP) is 2.70. The zero-order valence-corrected chi connectivity index (χ0v) is 10.0. The molecule has 2 N–H and O–H groups in total. The van der Waals surface area contributed by atoms with Gasteiger partial charge >= 0.3 is 6.03 Å². The van der Waals surface area contributed by atoms with Crippen LogP contribution in [-0.2, 0) is 4.79 Å². The molecule has 0 spiro atoms. The van der Waals surface area contributed by atoms with Crippen LogP contribution in [0.15, 0.2) is 18.2 Å². The molecule has 0 aliphatic carbocycles. The van der Waals surface area contributed by atoms with Gasteiger partial charge in [-0.3, -0.25) is 4.79 Å². The Morgan fingerprint density at radius 2 is 2.00 bits per heavy atom. The molecule has 1 aromatic carbocycles. The molecule has 86 valence electrons. The second-order valence-electron chi connectivity index (χ2n) is 3.13. The van der Waals surface area contributed by atoms with Crippen LogP contribution < -0.4 is 10.6 Å². The third-order valence-corrected chi connectivity index (χ3v) is 2.24. The maximum atomic E-state index is 11.3. The quantitative estimate of drug-likeness (QED) is 0.878. The molecule has 16 heavy (non-hydrogen) atoms. The zero-order chi connectivity index (χ0) is 12.1. The number of hydrogen-bond donors (Lipinski definition) is 2. The number of anilines is 1. The summed E-state index contributed by atoms with van der Waals surface area (Å²) >= 11 is 11.6. The Bertz CT molecular complexity index is 421. The van der Waals surface area contributed by atoms with Crippen molar-refractivity contribution in [2.75, 3.05) is 11.9 Å². The number of carbonyl (C=O) groups is 2. The first-order valence-corrected chi connectivity index (χ1v) is 5.24. The van der Waals surface area contributed by atoms with Crippen molar-refractivity contribution < 1.29 is 9.59 Å². The average molecular weight is 261 g/mol. The molecule has 0 heterocycles. The molecule has 6 heteroatoms. The Labute approximate surface area is 103 Å². The van der Waals surface area contributed by atoms with Crippen molar-refractivity contribution in [3.8, 4) is 0 Å². The van der Waals surface area contributed by atoms with E-state index < -0.39 is 6.03 Å². The molecule has 0 radical (unpaired) electrons. The number of rotatable bonds is 3. The van der Waals surface area contributed by atoms with Crippen LogP contribution in [0.4, 0.5) is 10.5 Å². The van der Waals surface area contributed by atoms with Gasteiger partial charge in [0.2, 0.25) is 0 Å². The summed E-state index contributed by atoms with van der Waals surface area (Å²) in [7, 11) is 0. The number of Topliss-reactive ketones (excluding diaryl/α,β-unsaturated/α-hetero) is 1. The van der Waals surface area contributed by atoms with Crippen LogP contribution in [0.1, 0.15) is 6.92 Å². The molecule has 0 saturated heterocycles. The minimum atomic E-state index is -0.501. The van der Waals surface area contributed by atoms with Crippen LogP contribution in [0.2, 0.25) is 10.0 Å². The molecule has 2 amide bonds. The lowest BCUT2D eigenvalue weighted by molar-refractivity contribution is -0.116. The van der Waals surface area contributed by atoms with Gasteiger partial charge in [-0.15, -0.1) is 0 Å². The Hall–Kier alpha value is -1.26. The van der Waals surface area contributed by atoms with E-state index in [0.717, 1.165) is 0 Å². The maximum Gasteiger partial charge on any atom is 0.319 e. The van der Waals surface area contributed by atoms with Crippen LogP contribution in [0.5, 0.6) is 0 Å². The average Bonchev–Trinajstić information content (AvgIpc) is 2.20. The van der Waals surface area contributed by atoms with E-state index in [9.17, 15) is 9.59 Å². The van der Waals surface area contributed by atoms with E-state index in [1.54, 1.807) is 12.1 Å². The molecule has 0 fully saturated rings. The fraction of sp³-hybridized carbons (Fsp3) is 0.200. The van der Waals surface area contributed by atoms with Gasteiger partial charge in [0.15, 0.2) is 0 Å². The Morgan fingerprint density at radius 3 is 2.62 bits per heavy atom. The fourth-order valence-electron chi connectivity index (χ4n) is 0.965. The molecule has 1 rings (SSSR count). The molecule has 0 aliphatic rings. The Morgan fingerprint density at radius 1 is 1.31 bits per heavy atom. The molecule has 0 bridgehead atoms. The first-order chi connectivity index (χ1) is 7.49. The van der Waals surface area contributed by atoms with Crippen LogP contribution in [0.25, 0.3) is 0 Å². The van der Waals surface area contributed by atoms with Crippen molar-refractivity contribution in [2.45, 2.75) is 6.92 Å². The summed E-state index contributed by atoms with van der Waals surface area (Å²) < 4.78 is 0. The molecule has 0 aliphatic heterocycles. The molecule has 0 unspecified atom stereocenters. The third kappa shape index (κ3) is 4.08. The monoisotopic (exact) mass is 260 g/mol. The maximum absolute atomic E-state index is 11.3. The van der Waals surface area contributed by atoms with Crippen LogP contribution >= 0.6 is 23.2 Å². The van der Waals surface area contributed by atoms with Crippen molar-refractivity contribution in [1.29, 1.82) is 0 Å². The molecular weight excluding hydrogens is 251 g/mol. The number of hydrogen-bond acceptors (Lipinski definition) is 2. The van der Waals surface area contributed by atoms with Crippen molar-refractivity contribution in [1.82, 2.24) is 5.32 Å². The molecule has 0 atom stereocenters. The molecule has 0 saturated carbocycles. The molecular formula is C10H10Cl2N2O2. The lowest BCUT2D eigenvalue weighted by Crippen LogP contribution is -2.32. The van der Waals surface area contributed by atoms with Crippen molar-refractivity contribution in [3.63, 3.8) is 0 Å². The first kappa shape index (κ1) is 12.8. The third-order valence-electron chi connectivity index (χ3n) is 1.67. The van der Waals surface area contributed by atoms with Gasteiger partial charge < -0.3 is 10.6 Å². The number of halogens is 2. The van der Waals surface area contributed by atoms with E-state index in [4.69, 9.17) is 23.2 Å². The topological polar surface area (TPSA) is 58.2 Å². The minimum Gasteiger partial charge on any atom is -0.331 e. The molecule has 1 aromatic rings. The van der Waals surface area contributed by atoms with Gasteiger partial charge in [-0.2, -0.15) is 0 Å². The number of amides is 2. The molecule has 0 aromatic heterocycles. The van der Waals surface area contributed by atoms with Crippen molar-refractivity contribution in [2.24, 2.45) is 0 Å². The van der Waals surface area contributed by atoms with Crippen molar-refractivity contribution in [3.05, 3.63) is 28.2 Å². The van der Waals surface area contributed by atoms with Crippen LogP contribution in [0, 0.1) is 0 Å². The van der Waals surface area contributed by atoms with Gasteiger partial charge in [0.1, 0.15) is 5.78 Å². The number of urea groups is 1. The number of nitrogens with one attached hydrogen (secondary N) is 2. The highest BCUT2D eigenvalue weighted by Crippen LogP contribution is 2.25. The van der Waals surface area contributed by atoms with Gasteiger partial charge in [-0.05, 0) is 25.1 Å². The summed E-state index contributed by atoms with van der Waals surface area (Å²) in [4.78, 5) is 21.9. The second kappa shape index (κ2) is 5.72. The summed E-state index contributed by atoms with van der Waals surface area (Å²) in [6, 6.07) is 4.21. The van der Waals surface area contributed by atoms with Gasteiger partial charge in [0.25, 0.3) is 0 Å². The number of carbonyl (C=O) groups excluding carboxylic acids is 2. The van der Waals surface area contributed by atoms with E-state index in [0.29, 0.717) is 15.7 Å². The van der Waals surface area contributed by atoms with E-state index in [-0.39, 0.29) is 12.3 Å². The van der Waals surface area contributed by atoms with Gasteiger partial charge in [-0.1, -0.05) is 23.2 Å². The van der Waals surface area contributed by atoms with E-state index in [2.05, 4.69) is 10.6 Å². The Balaban J connectivity index is 2.62. The number of benzene rings is 1. The van der Waals surface area contributed by atoms with E-state index >= 15 is 0 Å². The van der Waals surface area contributed by atoms with Gasteiger partial charge in [-0.25, -0.2) is 4.79 Å². The standard InChI is InChI=1S/C10H10Cl2N2O2/c1-6(15)5-13-10(16)14-9-4-7(11)2-3-8(9)12/h2-4H,5H2,1H3,(H2,13,14,16). The highest BCUT2D eigenvalue weighted by Gasteiger charge is 2.06. The Kier molecular flexibility index (Phi) is 4.58. The SMILES string of the molecule is CC(=O)CNC(=O)Nc1cc(Cl)ccc1Cl. The first-order valence-electron chi connectivity index (χ1n) is 4.48. The summed E-state index contributed by atoms with van der Waals surface area (Å²) in [5.41, 5.74) is 0.398. The largest absolute Gasteiger partial charge is 0.331 e. The highest BCUT2D eigenvalue weighted by molar-refractivity contribution is 6.35. The lowest BCUT2D eigenvalue weighted by Gasteiger charge is -2.08. The van der Waals surface area contributed by atoms with E-state index in [1.807, 2.05) is 0 Å². The van der Waals surface area contributed by atoms with Crippen LogP contribution in [-0.4, -0.2) is 18.4 Å². The summed E-state index contributed by atoms with van der Waals surface area (Å²) in [5, 5.41) is 5.71. The van der Waals surface area contributed by atoms with Crippen molar-refractivity contribution >= 4 is 40.7 Å². The number of ketones is 1. The lowest BCUT2D eigenvalue weighted by atomic mass is 10.3. The predicted molar refractivity (Wildman–Crippen MR) is 64.2 cm³/mol. The normalized spacial score (nSPS) is 9.69. The van der Waals surface area contributed by atoms with Gasteiger partial charge in [0.05, 0.1) is 17.3 Å². The fourth-order valence-corrected chi connectivity index (χ4v) is 1.30. The molecule has 4 nitrogen and oxygen atoms in total. The van der Waals surface area contributed by atoms with E-state index in [1.165, 1.54) is 13.0 Å². The second-order valence-corrected chi connectivity index (χ2v) is 3.98. The summed E-state index contributed by atoms with van der Waals surface area (Å²) in [6.45, 7) is 1.36. The minimum absolute atomic E-state index is 0.0238. The summed E-state index contributed by atoms with van der Waals surface area (Å²) in [5.74, 6) is -0.132. The van der Waals surface area contributed by atoms with Crippen LogP contribution in [0.3, 0.4) is 0 Å². The smallest absolute Gasteiger partial charge is 0.319 e. The zero-order valence-electron chi connectivity index (χ0n) is 8.51. The summed E-state index contributed by atoms with van der Waals surface area (Å²) in [6.07, 6.45) is 0. The highest BCUT2D eigenvalue weighted by atomic mass is 35.5. The van der Waals surface area contributed by atoms with Gasteiger partial charge in [0, 0.05) is 5.02 Å².